The number of guanidine groups is 1. The molecule has 178 valence electrons. The second-order valence-electron chi connectivity index (χ2n) is 8.53. The first kappa shape index (κ1) is 23.8. The van der Waals surface area contributed by atoms with Gasteiger partial charge in [0.2, 0.25) is 5.96 Å². The lowest BCUT2D eigenvalue weighted by molar-refractivity contribution is 0.402. The average molecular weight is 485 g/mol. The number of rotatable bonds is 6. The number of sulfonamides is 1. The molecule has 0 aromatic heterocycles. The summed E-state index contributed by atoms with van der Waals surface area (Å²) in [6.45, 7) is 2.62. The second-order valence-corrected chi connectivity index (χ2v) is 10.2. The van der Waals surface area contributed by atoms with Gasteiger partial charge in [0.05, 0.1) is 12.2 Å². The van der Waals surface area contributed by atoms with Gasteiger partial charge in [-0.05, 0) is 49.0 Å². The number of halogens is 2. The first-order valence-electron chi connectivity index (χ1n) is 10.8. The molecule has 4 rings (SSSR count). The fourth-order valence-corrected chi connectivity index (χ4v) is 5.25. The van der Waals surface area contributed by atoms with Crippen molar-refractivity contribution in [3.63, 3.8) is 0 Å². The number of fused-ring (bicyclic) bond motifs is 1. The first-order chi connectivity index (χ1) is 16.2. The Bertz CT molecular complexity index is 1360. The van der Waals surface area contributed by atoms with E-state index in [2.05, 4.69) is 15.0 Å². The fourth-order valence-electron chi connectivity index (χ4n) is 4.09. The van der Waals surface area contributed by atoms with Gasteiger partial charge in [-0.25, -0.2) is 26.9 Å². The van der Waals surface area contributed by atoms with Crippen LogP contribution in [0.2, 0.25) is 0 Å². The standard InChI is InChI=1S/C25H26F2N4O2S/c1-16(19-9-4-5-10-20(19)26)23-21(27)11-12-22-24(23)29-25(30-34(22,32)33)28-14-17-7-6-8-18(13-17)15-31(2)3/h4-13,16H,14-15H2,1-3H3,(H2,28,29,30)/t16-/m0/s1. The number of hydrogen-bond acceptors (Lipinski definition) is 4. The van der Waals surface area contributed by atoms with Gasteiger partial charge in [0.15, 0.2) is 0 Å². The van der Waals surface area contributed by atoms with Gasteiger partial charge < -0.3 is 10.2 Å². The molecule has 34 heavy (non-hydrogen) atoms. The Morgan fingerprint density at radius 2 is 1.71 bits per heavy atom. The number of anilines is 1. The van der Waals surface area contributed by atoms with Gasteiger partial charge >= 0.3 is 0 Å². The van der Waals surface area contributed by atoms with Gasteiger partial charge in [-0.15, -0.1) is 0 Å². The molecule has 1 atom stereocenters. The summed E-state index contributed by atoms with van der Waals surface area (Å²) in [7, 11) is -0.0426. The van der Waals surface area contributed by atoms with Crippen LogP contribution < -0.4 is 10.0 Å². The molecule has 0 saturated carbocycles. The van der Waals surface area contributed by atoms with Crippen LogP contribution in [0.4, 0.5) is 14.5 Å². The van der Waals surface area contributed by atoms with Crippen molar-refractivity contribution in [1.82, 2.24) is 9.62 Å². The van der Waals surface area contributed by atoms with Gasteiger partial charge in [0, 0.05) is 18.0 Å². The van der Waals surface area contributed by atoms with Crippen LogP contribution in [-0.2, 0) is 23.1 Å². The van der Waals surface area contributed by atoms with E-state index in [0.717, 1.165) is 23.7 Å². The van der Waals surface area contributed by atoms with Gasteiger partial charge in [0.1, 0.15) is 16.5 Å². The number of hydrogen-bond donors (Lipinski definition) is 2. The van der Waals surface area contributed by atoms with Crippen molar-refractivity contribution < 1.29 is 17.2 Å². The summed E-state index contributed by atoms with van der Waals surface area (Å²) in [5.74, 6) is -1.87. The predicted molar refractivity (Wildman–Crippen MR) is 129 cm³/mol. The Balaban J connectivity index is 1.70. The topological polar surface area (TPSA) is 73.8 Å². The molecular weight excluding hydrogens is 458 g/mol. The fraction of sp³-hybridized carbons (Fsp3) is 0.240. The molecule has 0 radical (unpaired) electrons. The third-order valence-electron chi connectivity index (χ3n) is 5.63. The highest BCUT2D eigenvalue weighted by Crippen LogP contribution is 2.38. The van der Waals surface area contributed by atoms with Crippen LogP contribution in [0, 0.1) is 11.6 Å². The smallest absolute Gasteiger partial charge is 0.266 e. The van der Waals surface area contributed by atoms with E-state index in [1.165, 1.54) is 12.1 Å². The van der Waals surface area contributed by atoms with Crippen molar-refractivity contribution in [3.05, 3.63) is 94.6 Å². The molecule has 1 aliphatic rings. The molecule has 0 saturated heterocycles. The van der Waals surface area contributed by atoms with Crippen LogP contribution in [0.25, 0.3) is 0 Å². The highest BCUT2D eigenvalue weighted by atomic mass is 32.2. The molecule has 0 spiro atoms. The van der Waals surface area contributed by atoms with Gasteiger partial charge in [-0.3, -0.25) is 0 Å². The number of nitrogens with zero attached hydrogens (tertiary/aromatic N) is 2. The largest absolute Gasteiger partial charge is 0.324 e. The van der Waals surface area contributed by atoms with Crippen molar-refractivity contribution in [3.8, 4) is 0 Å². The minimum atomic E-state index is -4.00. The maximum atomic E-state index is 15.0. The van der Waals surface area contributed by atoms with Crippen LogP contribution in [0.5, 0.6) is 0 Å². The summed E-state index contributed by atoms with van der Waals surface area (Å²) < 4.78 is 57.7. The molecule has 3 aromatic rings. The van der Waals surface area contributed by atoms with Crippen LogP contribution in [0.3, 0.4) is 0 Å². The summed E-state index contributed by atoms with van der Waals surface area (Å²) in [5.41, 5.74) is 2.40. The molecule has 0 bridgehead atoms. The van der Waals surface area contributed by atoms with Gasteiger partial charge in [-0.2, -0.15) is 0 Å². The van der Waals surface area contributed by atoms with Crippen LogP contribution in [0.15, 0.2) is 70.6 Å². The normalized spacial score (nSPS) is 16.6. The Morgan fingerprint density at radius 1 is 0.971 bits per heavy atom. The first-order valence-corrected chi connectivity index (χ1v) is 12.3. The van der Waals surface area contributed by atoms with E-state index in [9.17, 15) is 12.8 Å². The lowest BCUT2D eigenvalue weighted by Crippen LogP contribution is -2.41. The molecule has 0 fully saturated rings. The summed E-state index contributed by atoms with van der Waals surface area (Å²) >= 11 is 0. The molecule has 2 N–H and O–H groups in total. The summed E-state index contributed by atoms with van der Waals surface area (Å²) in [6.07, 6.45) is 0. The zero-order chi connectivity index (χ0) is 24.5. The molecule has 6 nitrogen and oxygen atoms in total. The van der Waals surface area contributed by atoms with Crippen molar-refractivity contribution >= 4 is 21.7 Å². The minimum Gasteiger partial charge on any atom is -0.324 e. The van der Waals surface area contributed by atoms with Crippen LogP contribution >= 0.6 is 0 Å². The molecule has 3 aromatic carbocycles. The Labute approximate surface area is 198 Å². The van der Waals surface area contributed by atoms with Gasteiger partial charge in [0.25, 0.3) is 10.0 Å². The van der Waals surface area contributed by atoms with Crippen LogP contribution in [-0.4, -0.2) is 33.4 Å². The monoisotopic (exact) mass is 484 g/mol. The highest BCUT2D eigenvalue weighted by Gasteiger charge is 2.32. The molecule has 1 heterocycles. The Morgan fingerprint density at radius 3 is 2.44 bits per heavy atom. The molecule has 0 aliphatic carbocycles. The van der Waals surface area contributed by atoms with Crippen molar-refractivity contribution in [2.24, 2.45) is 4.99 Å². The minimum absolute atomic E-state index is 0.0157. The molecule has 1 aliphatic heterocycles. The Kier molecular flexibility index (Phi) is 6.67. The van der Waals surface area contributed by atoms with Crippen LogP contribution in [0.1, 0.15) is 35.1 Å². The van der Waals surface area contributed by atoms with Crippen molar-refractivity contribution in [2.45, 2.75) is 30.8 Å². The van der Waals surface area contributed by atoms with E-state index in [1.807, 2.05) is 43.3 Å². The van der Waals surface area contributed by atoms with E-state index >= 15 is 4.39 Å². The molecule has 0 amide bonds. The molecule has 0 unspecified atom stereocenters. The van der Waals surface area contributed by atoms with Gasteiger partial charge in [-0.1, -0.05) is 49.4 Å². The summed E-state index contributed by atoms with van der Waals surface area (Å²) in [6, 6.07) is 16.2. The third-order valence-corrected chi connectivity index (χ3v) is 7.01. The highest BCUT2D eigenvalue weighted by molar-refractivity contribution is 7.90. The number of benzene rings is 3. The third kappa shape index (κ3) is 4.95. The summed E-state index contributed by atoms with van der Waals surface area (Å²) in [4.78, 5) is 6.33. The maximum absolute atomic E-state index is 15.0. The number of aliphatic imine (C=N–C) groups is 1. The van der Waals surface area contributed by atoms with Crippen molar-refractivity contribution in [1.29, 1.82) is 0 Å². The van der Waals surface area contributed by atoms with E-state index in [4.69, 9.17) is 0 Å². The maximum Gasteiger partial charge on any atom is 0.266 e. The zero-order valence-corrected chi connectivity index (χ0v) is 20.0. The predicted octanol–water partition coefficient (Wildman–Crippen LogP) is 4.44. The lowest BCUT2D eigenvalue weighted by Gasteiger charge is -2.26. The zero-order valence-electron chi connectivity index (χ0n) is 19.1. The quantitative estimate of drug-likeness (QED) is 0.543. The van der Waals surface area contributed by atoms with E-state index in [1.54, 1.807) is 25.1 Å². The molecular formula is C25H26F2N4O2S. The summed E-state index contributed by atoms with van der Waals surface area (Å²) in [5, 5.41) is 2.94. The second kappa shape index (κ2) is 9.52. The Hall–Kier alpha value is -3.30. The SMILES string of the molecule is C[C@@H](c1ccccc1F)c1c(F)ccc2c1NC(=NCc1cccc(CN(C)C)c1)NS2(=O)=O. The number of nitrogens with one attached hydrogen (secondary N) is 2. The van der Waals surface area contributed by atoms with E-state index in [-0.39, 0.29) is 34.2 Å². The van der Waals surface area contributed by atoms with E-state index in [0.29, 0.717) is 0 Å². The van der Waals surface area contributed by atoms with E-state index < -0.39 is 27.6 Å². The lowest BCUT2D eigenvalue weighted by atomic mass is 9.91. The average Bonchev–Trinajstić information content (AvgIpc) is 2.77. The van der Waals surface area contributed by atoms with Crippen molar-refractivity contribution in [2.75, 3.05) is 19.4 Å². The molecule has 9 heteroatoms.